The van der Waals surface area contributed by atoms with Crippen LogP contribution in [0.1, 0.15) is 20.3 Å². The van der Waals surface area contributed by atoms with Crippen LogP contribution in [0.25, 0.3) is 0 Å². The summed E-state index contributed by atoms with van der Waals surface area (Å²) in [6.07, 6.45) is 1.13. The molecule has 5 nitrogen and oxygen atoms in total. The number of carbonyl (C=O) groups excluding carboxylic acids is 1. The molecule has 1 aromatic carbocycles. The van der Waals surface area contributed by atoms with Crippen LogP contribution in [0.4, 0.5) is 19.3 Å². The van der Waals surface area contributed by atoms with Crippen LogP contribution in [0.3, 0.4) is 0 Å². The van der Waals surface area contributed by atoms with E-state index in [4.69, 9.17) is 4.74 Å². The number of hydrogen-bond acceptors (Lipinski definition) is 3. The first-order valence-electron chi connectivity index (χ1n) is 7.62. The van der Waals surface area contributed by atoms with Crippen LogP contribution in [0.2, 0.25) is 0 Å². The topological polar surface area (TPSA) is 59.6 Å². The molecule has 23 heavy (non-hydrogen) atoms. The fourth-order valence-corrected chi connectivity index (χ4v) is 3.68. The Morgan fingerprint density at radius 1 is 1.43 bits per heavy atom. The second-order valence-corrected chi connectivity index (χ2v) is 6.55. The summed E-state index contributed by atoms with van der Waals surface area (Å²) in [7, 11) is 0. The molecule has 0 spiro atoms. The number of alkyl halides is 2. The van der Waals surface area contributed by atoms with Gasteiger partial charge < -0.3 is 20.1 Å². The van der Waals surface area contributed by atoms with Gasteiger partial charge in [-0.25, -0.2) is 4.79 Å². The van der Waals surface area contributed by atoms with Gasteiger partial charge in [0.25, 0.3) is 0 Å². The highest BCUT2D eigenvalue weighted by atomic mass is 19.3. The van der Waals surface area contributed by atoms with Crippen LogP contribution in [-0.4, -0.2) is 31.4 Å². The molecule has 1 aliphatic heterocycles. The van der Waals surface area contributed by atoms with Gasteiger partial charge in [0.2, 0.25) is 0 Å². The van der Waals surface area contributed by atoms with Crippen molar-refractivity contribution in [3.63, 3.8) is 0 Å². The lowest BCUT2D eigenvalue weighted by Crippen LogP contribution is -2.67. The lowest BCUT2D eigenvalue weighted by Gasteiger charge is -2.54. The van der Waals surface area contributed by atoms with Gasteiger partial charge in [-0.05, 0) is 18.6 Å². The second kappa shape index (κ2) is 5.96. The standard InChI is InChI=1S/C16H20F2N2O3/c1-16(2)12(11-6-7-22-13(11)16)20-15(21)19-9-4-3-5-10(8-9)23-14(17)18/h3-5,8,11-14H,6-7H2,1-2H3,(H2,19,20,21)/t11-,12-,13+/m1/s1. The van der Waals surface area contributed by atoms with E-state index in [0.29, 0.717) is 11.6 Å². The molecule has 2 N–H and O–H groups in total. The van der Waals surface area contributed by atoms with Crippen molar-refractivity contribution in [2.24, 2.45) is 11.3 Å². The van der Waals surface area contributed by atoms with E-state index in [-0.39, 0.29) is 29.3 Å². The molecule has 2 amide bonds. The van der Waals surface area contributed by atoms with Gasteiger partial charge >= 0.3 is 12.6 Å². The molecule has 1 aromatic rings. The van der Waals surface area contributed by atoms with E-state index in [1.54, 1.807) is 12.1 Å². The molecule has 2 fully saturated rings. The Morgan fingerprint density at radius 2 is 2.22 bits per heavy atom. The minimum absolute atomic E-state index is 0.00558. The third-order valence-electron chi connectivity index (χ3n) is 4.70. The number of fused-ring (bicyclic) bond motifs is 1. The highest BCUT2D eigenvalue weighted by Gasteiger charge is 2.59. The molecule has 1 heterocycles. The van der Waals surface area contributed by atoms with Gasteiger partial charge in [0, 0.05) is 35.7 Å². The zero-order valence-electron chi connectivity index (χ0n) is 13.0. The van der Waals surface area contributed by atoms with E-state index < -0.39 is 6.61 Å². The van der Waals surface area contributed by atoms with E-state index in [0.717, 1.165) is 13.0 Å². The zero-order valence-corrected chi connectivity index (χ0v) is 13.0. The molecule has 1 saturated heterocycles. The summed E-state index contributed by atoms with van der Waals surface area (Å²) in [5.74, 6) is 0.343. The van der Waals surface area contributed by atoms with Crippen molar-refractivity contribution in [1.82, 2.24) is 5.32 Å². The number of benzene rings is 1. The molecule has 0 aromatic heterocycles. The van der Waals surface area contributed by atoms with Crippen LogP contribution < -0.4 is 15.4 Å². The van der Waals surface area contributed by atoms with E-state index in [2.05, 4.69) is 29.2 Å². The Kier molecular flexibility index (Phi) is 4.14. The normalized spacial score (nSPS) is 28.0. The number of anilines is 1. The lowest BCUT2D eigenvalue weighted by molar-refractivity contribution is -0.107. The van der Waals surface area contributed by atoms with Crippen LogP contribution in [-0.2, 0) is 4.74 Å². The van der Waals surface area contributed by atoms with Crippen molar-refractivity contribution in [2.75, 3.05) is 11.9 Å². The highest BCUT2D eigenvalue weighted by molar-refractivity contribution is 5.89. The molecule has 0 unspecified atom stereocenters. The number of nitrogens with one attached hydrogen (secondary N) is 2. The molecule has 126 valence electrons. The molecule has 1 saturated carbocycles. The molecule has 3 atom stereocenters. The zero-order chi connectivity index (χ0) is 16.6. The molecular weight excluding hydrogens is 306 g/mol. The Balaban J connectivity index is 1.59. The smallest absolute Gasteiger partial charge is 0.387 e. The minimum Gasteiger partial charge on any atom is -0.435 e. The van der Waals surface area contributed by atoms with Gasteiger partial charge in [0.05, 0.1) is 6.10 Å². The molecule has 3 rings (SSSR count). The Bertz CT molecular complexity index is 594. The van der Waals surface area contributed by atoms with Crippen LogP contribution in [0, 0.1) is 11.3 Å². The number of rotatable bonds is 4. The Morgan fingerprint density at radius 3 is 2.96 bits per heavy atom. The first kappa shape index (κ1) is 16.0. The maximum Gasteiger partial charge on any atom is 0.387 e. The molecule has 0 bridgehead atoms. The summed E-state index contributed by atoms with van der Waals surface area (Å²) in [5.41, 5.74) is 0.288. The summed E-state index contributed by atoms with van der Waals surface area (Å²) < 4.78 is 34.4. The minimum atomic E-state index is -2.89. The first-order valence-corrected chi connectivity index (χ1v) is 7.62. The fraction of sp³-hybridized carbons (Fsp3) is 0.562. The maximum atomic E-state index is 12.2. The average Bonchev–Trinajstić information content (AvgIpc) is 2.91. The Labute approximate surface area is 133 Å². The first-order chi connectivity index (χ1) is 10.9. The van der Waals surface area contributed by atoms with E-state index >= 15 is 0 Å². The average molecular weight is 326 g/mol. The van der Waals surface area contributed by atoms with E-state index in [1.165, 1.54) is 12.1 Å². The number of ether oxygens (including phenoxy) is 2. The fourth-order valence-electron chi connectivity index (χ4n) is 3.68. The second-order valence-electron chi connectivity index (χ2n) is 6.55. The van der Waals surface area contributed by atoms with Gasteiger partial charge in [-0.2, -0.15) is 8.78 Å². The molecule has 0 radical (unpaired) electrons. The lowest BCUT2D eigenvalue weighted by atomic mass is 9.57. The summed E-state index contributed by atoms with van der Waals surface area (Å²) in [6.45, 7) is 1.98. The highest BCUT2D eigenvalue weighted by Crippen LogP contribution is 2.52. The van der Waals surface area contributed by atoms with Gasteiger partial charge in [-0.15, -0.1) is 0 Å². The third-order valence-corrected chi connectivity index (χ3v) is 4.70. The predicted octanol–water partition coefficient (Wildman–Crippen LogP) is 3.22. The van der Waals surface area contributed by atoms with Crippen LogP contribution in [0.15, 0.2) is 24.3 Å². The number of urea groups is 1. The molecule has 2 aliphatic rings. The van der Waals surface area contributed by atoms with Crippen LogP contribution in [0.5, 0.6) is 5.75 Å². The molecule has 7 heteroatoms. The maximum absolute atomic E-state index is 12.2. The molecule has 1 aliphatic carbocycles. The van der Waals surface area contributed by atoms with Crippen molar-refractivity contribution in [1.29, 1.82) is 0 Å². The van der Waals surface area contributed by atoms with Gasteiger partial charge in [-0.3, -0.25) is 0 Å². The SMILES string of the molecule is CC1(C)[C@H](NC(=O)Nc2cccc(OC(F)F)c2)[C@H]2CCO[C@@H]21. The van der Waals surface area contributed by atoms with Crippen molar-refractivity contribution >= 4 is 11.7 Å². The number of hydrogen-bond donors (Lipinski definition) is 2. The largest absolute Gasteiger partial charge is 0.435 e. The molecular formula is C16H20F2N2O3. The summed E-state index contributed by atoms with van der Waals surface area (Å²) in [5, 5.41) is 5.62. The van der Waals surface area contributed by atoms with E-state index in [9.17, 15) is 13.6 Å². The van der Waals surface area contributed by atoms with Gasteiger partial charge in [0.1, 0.15) is 5.75 Å². The summed E-state index contributed by atoms with van der Waals surface area (Å²) in [6, 6.07) is 5.61. The number of carbonyl (C=O) groups is 1. The van der Waals surface area contributed by atoms with Gasteiger partial charge in [0.15, 0.2) is 0 Å². The summed E-state index contributed by atoms with van der Waals surface area (Å²) >= 11 is 0. The monoisotopic (exact) mass is 326 g/mol. The van der Waals surface area contributed by atoms with Crippen molar-refractivity contribution in [3.05, 3.63) is 24.3 Å². The summed E-state index contributed by atoms with van der Waals surface area (Å²) in [4.78, 5) is 12.2. The number of halogens is 2. The van der Waals surface area contributed by atoms with Crippen LogP contribution >= 0.6 is 0 Å². The third kappa shape index (κ3) is 3.10. The van der Waals surface area contributed by atoms with Crippen molar-refractivity contribution in [3.8, 4) is 5.75 Å². The van der Waals surface area contributed by atoms with Crippen molar-refractivity contribution < 1.29 is 23.0 Å². The Hall–Kier alpha value is -1.89. The predicted molar refractivity (Wildman–Crippen MR) is 80.6 cm³/mol. The quantitative estimate of drug-likeness (QED) is 0.893. The van der Waals surface area contributed by atoms with Crippen molar-refractivity contribution in [2.45, 2.75) is 39.0 Å². The van der Waals surface area contributed by atoms with Gasteiger partial charge in [-0.1, -0.05) is 19.9 Å². The van der Waals surface area contributed by atoms with E-state index in [1.807, 2.05) is 0 Å². The number of amides is 2.